The normalized spacial score (nSPS) is 29.9. The summed E-state index contributed by atoms with van der Waals surface area (Å²) in [7, 11) is 0. The molecule has 0 aromatic heterocycles. The summed E-state index contributed by atoms with van der Waals surface area (Å²) in [6.07, 6.45) is 2.35. The Labute approximate surface area is 96.0 Å². The Morgan fingerprint density at radius 2 is 2.27 bits per heavy atom. The van der Waals surface area contributed by atoms with Gasteiger partial charge in [-0.25, -0.2) is 0 Å². The van der Waals surface area contributed by atoms with E-state index in [0.717, 1.165) is 18.6 Å². The third-order valence-electron chi connectivity index (χ3n) is 2.77. The average Bonchev–Trinajstić information content (AvgIpc) is 2.51. The first-order valence-corrected chi connectivity index (χ1v) is 6.55. The number of nitrogens with one attached hydrogen (secondary N) is 1. The lowest BCUT2D eigenvalue weighted by Crippen LogP contribution is -2.45. The van der Waals surface area contributed by atoms with Crippen LogP contribution in [0.1, 0.15) is 40.0 Å². The standard InChI is InChI=1S/C11H21NO2S/c1-8(7-9(2)13)12-10(14)11(3)5-4-6-15-11/h8-9,13H,4-7H2,1-3H3,(H,12,14). The zero-order valence-electron chi connectivity index (χ0n) is 9.75. The number of rotatable bonds is 4. The van der Waals surface area contributed by atoms with E-state index in [1.807, 2.05) is 13.8 Å². The fourth-order valence-electron chi connectivity index (χ4n) is 1.91. The van der Waals surface area contributed by atoms with Gasteiger partial charge in [-0.2, -0.15) is 0 Å². The highest BCUT2D eigenvalue weighted by Gasteiger charge is 2.37. The molecular formula is C11H21NO2S. The van der Waals surface area contributed by atoms with E-state index in [9.17, 15) is 9.90 Å². The van der Waals surface area contributed by atoms with Gasteiger partial charge in [0.25, 0.3) is 0 Å². The van der Waals surface area contributed by atoms with Crippen LogP contribution in [0.3, 0.4) is 0 Å². The molecule has 0 aromatic rings. The first kappa shape index (κ1) is 12.8. The summed E-state index contributed by atoms with van der Waals surface area (Å²) in [5.41, 5.74) is 0. The second-order valence-corrected chi connectivity index (χ2v) is 6.24. The number of carbonyl (C=O) groups excluding carboxylic acids is 1. The molecule has 1 aliphatic rings. The summed E-state index contributed by atoms with van der Waals surface area (Å²) in [4.78, 5) is 11.9. The van der Waals surface area contributed by atoms with Crippen LogP contribution in [0.5, 0.6) is 0 Å². The van der Waals surface area contributed by atoms with Gasteiger partial charge in [0.05, 0.1) is 10.9 Å². The van der Waals surface area contributed by atoms with Crippen molar-refractivity contribution < 1.29 is 9.90 Å². The third-order valence-corrected chi connectivity index (χ3v) is 4.29. The number of thioether (sulfide) groups is 1. The number of aliphatic hydroxyl groups excluding tert-OH is 1. The molecule has 3 nitrogen and oxygen atoms in total. The van der Waals surface area contributed by atoms with Gasteiger partial charge in [-0.1, -0.05) is 0 Å². The minimum atomic E-state index is -0.357. The smallest absolute Gasteiger partial charge is 0.236 e. The highest BCUT2D eigenvalue weighted by Crippen LogP contribution is 2.37. The zero-order chi connectivity index (χ0) is 11.5. The van der Waals surface area contributed by atoms with E-state index in [1.165, 1.54) is 0 Å². The summed E-state index contributed by atoms with van der Waals surface area (Å²) >= 11 is 1.74. The molecule has 0 aromatic carbocycles. The van der Waals surface area contributed by atoms with Crippen LogP contribution in [0.15, 0.2) is 0 Å². The van der Waals surface area contributed by atoms with Crippen LogP contribution in [-0.2, 0) is 4.79 Å². The molecule has 1 rings (SSSR count). The minimum absolute atomic E-state index is 0.0514. The summed E-state index contributed by atoms with van der Waals surface area (Å²) in [6.45, 7) is 5.69. The molecule has 88 valence electrons. The van der Waals surface area contributed by atoms with Gasteiger partial charge in [-0.15, -0.1) is 11.8 Å². The molecule has 1 amide bonds. The Bertz CT molecular complexity index is 225. The van der Waals surface area contributed by atoms with Crippen molar-refractivity contribution in [2.45, 2.75) is 56.9 Å². The minimum Gasteiger partial charge on any atom is -0.393 e. The molecule has 0 bridgehead atoms. The van der Waals surface area contributed by atoms with Crippen molar-refractivity contribution in [2.75, 3.05) is 5.75 Å². The largest absolute Gasteiger partial charge is 0.393 e. The molecule has 1 fully saturated rings. The average molecular weight is 231 g/mol. The van der Waals surface area contributed by atoms with Crippen molar-refractivity contribution in [1.29, 1.82) is 0 Å². The maximum Gasteiger partial charge on any atom is 0.236 e. The fourth-order valence-corrected chi connectivity index (χ4v) is 3.12. The van der Waals surface area contributed by atoms with E-state index in [-0.39, 0.29) is 22.8 Å². The maximum atomic E-state index is 11.9. The van der Waals surface area contributed by atoms with Crippen LogP contribution in [-0.4, -0.2) is 33.7 Å². The summed E-state index contributed by atoms with van der Waals surface area (Å²) in [5, 5.41) is 12.2. The van der Waals surface area contributed by atoms with E-state index in [2.05, 4.69) is 5.32 Å². The summed E-state index contributed by atoms with van der Waals surface area (Å²) < 4.78 is -0.243. The lowest BCUT2D eigenvalue weighted by molar-refractivity contribution is -0.123. The fraction of sp³-hybridized carbons (Fsp3) is 0.909. The molecule has 1 aliphatic heterocycles. The molecule has 3 atom stereocenters. The number of hydrogen-bond acceptors (Lipinski definition) is 3. The van der Waals surface area contributed by atoms with E-state index >= 15 is 0 Å². The summed E-state index contributed by atoms with van der Waals surface area (Å²) in [6, 6.07) is 0.0514. The Balaban J connectivity index is 2.40. The molecule has 4 heteroatoms. The Hall–Kier alpha value is -0.220. The van der Waals surface area contributed by atoms with Gasteiger partial charge in [0, 0.05) is 6.04 Å². The lowest BCUT2D eigenvalue weighted by Gasteiger charge is -2.25. The molecule has 1 saturated heterocycles. The van der Waals surface area contributed by atoms with Crippen molar-refractivity contribution >= 4 is 17.7 Å². The predicted molar refractivity (Wildman–Crippen MR) is 64.0 cm³/mol. The molecular weight excluding hydrogens is 210 g/mol. The SMILES string of the molecule is CC(O)CC(C)NC(=O)C1(C)CCCS1. The van der Waals surface area contributed by atoms with Crippen LogP contribution in [0.4, 0.5) is 0 Å². The highest BCUT2D eigenvalue weighted by atomic mass is 32.2. The van der Waals surface area contributed by atoms with Gasteiger partial charge < -0.3 is 10.4 Å². The van der Waals surface area contributed by atoms with Crippen LogP contribution in [0.25, 0.3) is 0 Å². The molecule has 0 spiro atoms. The van der Waals surface area contributed by atoms with Gasteiger partial charge >= 0.3 is 0 Å². The number of amides is 1. The monoisotopic (exact) mass is 231 g/mol. The highest BCUT2D eigenvalue weighted by molar-refractivity contribution is 8.01. The van der Waals surface area contributed by atoms with Crippen molar-refractivity contribution in [3.63, 3.8) is 0 Å². The number of aliphatic hydroxyl groups is 1. The van der Waals surface area contributed by atoms with Crippen LogP contribution in [0.2, 0.25) is 0 Å². The van der Waals surface area contributed by atoms with Gasteiger partial charge in [-0.3, -0.25) is 4.79 Å². The van der Waals surface area contributed by atoms with Crippen LogP contribution in [0, 0.1) is 0 Å². The van der Waals surface area contributed by atoms with E-state index in [1.54, 1.807) is 18.7 Å². The Kier molecular flexibility index (Phi) is 4.46. The molecule has 1 heterocycles. The number of carbonyl (C=O) groups is 1. The van der Waals surface area contributed by atoms with Gasteiger partial charge in [0.1, 0.15) is 0 Å². The zero-order valence-corrected chi connectivity index (χ0v) is 10.6. The Morgan fingerprint density at radius 1 is 1.60 bits per heavy atom. The predicted octanol–water partition coefficient (Wildman–Crippen LogP) is 1.55. The van der Waals surface area contributed by atoms with Crippen LogP contribution >= 0.6 is 11.8 Å². The molecule has 0 aliphatic carbocycles. The van der Waals surface area contributed by atoms with Crippen LogP contribution < -0.4 is 5.32 Å². The topological polar surface area (TPSA) is 49.3 Å². The third kappa shape index (κ3) is 3.68. The van der Waals surface area contributed by atoms with Crippen molar-refractivity contribution in [2.24, 2.45) is 0 Å². The Morgan fingerprint density at radius 3 is 2.73 bits per heavy atom. The van der Waals surface area contributed by atoms with E-state index in [4.69, 9.17) is 0 Å². The first-order chi connectivity index (χ1) is 6.94. The van der Waals surface area contributed by atoms with E-state index < -0.39 is 0 Å². The van der Waals surface area contributed by atoms with Crippen molar-refractivity contribution in [3.8, 4) is 0 Å². The maximum absolute atomic E-state index is 11.9. The van der Waals surface area contributed by atoms with Crippen molar-refractivity contribution in [3.05, 3.63) is 0 Å². The van der Waals surface area contributed by atoms with Crippen molar-refractivity contribution in [1.82, 2.24) is 5.32 Å². The molecule has 0 saturated carbocycles. The number of hydrogen-bond donors (Lipinski definition) is 2. The lowest BCUT2D eigenvalue weighted by atomic mass is 10.0. The second kappa shape index (κ2) is 5.21. The van der Waals surface area contributed by atoms with Gasteiger partial charge in [-0.05, 0) is 45.8 Å². The van der Waals surface area contributed by atoms with E-state index in [0.29, 0.717) is 6.42 Å². The molecule has 0 radical (unpaired) electrons. The quantitative estimate of drug-likeness (QED) is 0.772. The molecule has 2 N–H and O–H groups in total. The van der Waals surface area contributed by atoms with Gasteiger partial charge in [0.15, 0.2) is 0 Å². The first-order valence-electron chi connectivity index (χ1n) is 5.57. The second-order valence-electron chi connectivity index (χ2n) is 4.64. The summed E-state index contributed by atoms with van der Waals surface area (Å²) in [5.74, 6) is 1.20. The van der Waals surface area contributed by atoms with Gasteiger partial charge in [0.2, 0.25) is 5.91 Å². The molecule has 15 heavy (non-hydrogen) atoms. The molecule has 3 unspecified atom stereocenters.